The third-order valence-electron chi connectivity index (χ3n) is 2.08. The van der Waals surface area contributed by atoms with E-state index >= 15 is 0 Å². The van der Waals surface area contributed by atoms with Crippen molar-refractivity contribution in [3.63, 3.8) is 0 Å². The first kappa shape index (κ1) is 12.8. The molecule has 1 heterocycles. The summed E-state index contributed by atoms with van der Waals surface area (Å²) in [6.45, 7) is 3.43. The Kier molecular flexibility index (Phi) is 5.42. The topological polar surface area (TPSA) is 42.0 Å². The number of rotatable bonds is 5. The molecule has 84 valence electrons. The van der Waals surface area contributed by atoms with E-state index in [0.717, 1.165) is 16.8 Å². The van der Waals surface area contributed by atoms with Crippen molar-refractivity contribution in [1.29, 1.82) is 0 Å². The highest BCUT2D eigenvalue weighted by atomic mass is 79.9. The zero-order valence-corrected chi connectivity index (χ0v) is 11.3. The maximum Gasteiger partial charge on any atom is 0.106 e. The van der Waals surface area contributed by atoms with Gasteiger partial charge < -0.3 is 5.32 Å². The predicted molar refractivity (Wildman–Crippen MR) is 67.2 cm³/mol. The molecule has 0 spiro atoms. The first-order valence-corrected chi connectivity index (χ1v) is 7.15. The molecule has 5 heteroatoms. The van der Waals surface area contributed by atoms with Crippen LogP contribution in [-0.2, 0) is 17.3 Å². The van der Waals surface area contributed by atoms with E-state index in [9.17, 15) is 4.21 Å². The minimum absolute atomic E-state index is 0.178. The molecule has 2 unspecified atom stereocenters. The molecule has 0 aliphatic heterocycles. The van der Waals surface area contributed by atoms with Gasteiger partial charge in [-0.3, -0.25) is 4.21 Å². The van der Waals surface area contributed by atoms with E-state index in [1.54, 1.807) is 6.26 Å². The van der Waals surface area contributed by atoms with E-state index in [2.05, 4.69) is 26.2 Å². The summed E-state index contributed by atoms with van der Waals surface area (Å²) in [5.74, 6) is 0. The zero-order chi connectivity index (χ0) is 11.3. The first-order valence-electron chi connectivity index (χ1n) is 4.74. The van der Waals surface area contributed by atoms with Crippen LogP contribution in [0.3, 0.4) is 0 Å². The Balaban J connectivity index is 2.35. The van der Waals surface area contributed by atoms with Crippen LogP contribution in [0.4, 0.5) is 0 Å². The van der Waals surface area contributed by atoms with Gasteiger partial charge in [0, 0.05) is 35.4 Å². The van der Waals surface area contributed by atoms with Crippen molar-refractivity contribution in [2.75, 3.05) is 12.8 Å². The Labute approximate surface area is 101 Å². The lowest BCUT2D eigenvalue weighted by Crippen LogP contribution is -2.27. The lowest BCUT2D eigenvalue weighted by molar-refractivity contribution is 0.641. The Bertz CT molecular complexity index is 346. The molecule has 0 amide bonds. The summed E-state index contributed by atoms with van der Waals surface area (Å²) in [7, 11) is -0.765. The van der Waals surface area contributed by atoms with Crippen molar-refractivity contribution in [3.8, 4) is 0 Å². The summed E-state index contributed by atoms with van der Waals surface area (Å²) in [6, 6.07) is 5.81. The fraction of sp³-hybridized carbons (Fsp3) is 0.500. The van der Waals surface area contributed by atoms with E-state index < -0.39 is 10.8 Å². The molecule has 15 heavy (non-hydrogen) atoms. The molecule has 0 aliphatic rings. The first-order chi connectivity index (χ1) is 7.09. The van der Waals surface area contributed by atoms with Crippen LogP contribution >= 0.6 is 15.9 Å². The van der Waals surface area contributed by atoms with Crippen LogP contribution in [0.15, 0.2) is 22.8 Å². The van der Waals surface area contributed by atoms with Gasteiger partial charge in [0.1, 0.15) is 4.60 Å². The van der Waals surface area contributed by atoms with Gasteiger partial charge in [-0.15, -0.1) is 0 Å². The van der Waals surface area contributed by atoms with Crippen molar-refractivity contribution >= 4 is 26.7 Å². The molecule has 1 N–H and O–H groups in total. The van der Waals surface area contributed by atoms with Gasteiger partial charge >= 0.3 is 0 Å². The van der Waals surface area contributed by atoms with Crippen LogP contribution < -0.4 is 5.32 Å². The van der Waals surface area contributed by atoms with Gasteiger partial charge in [0.15, 0.2) is 0 Å². The molecular weight excluding hydrogens is 276 g/mol. The number of pyridine rings is 1. The standard InChI is InChI=1S/C10H15BrN2OS/c1-8(15(2)14)6-12-7-9-4-3-5-10(11)13-9/h3-5,8,12H,6-7H2,1-2H3. The molecule has 0 bridgehead atoms. The summed E-state index contributed by atoms with van der Waals surface area (Å²) in [6.07, 6.45) is 1.73. The van der Waals surface area contributed by atoms with Gasteiger partial charge in [0.25, 0.3) is 0 Å². The number of hydrogen-bond acceptors (Lipinski definition) is 3. The fourth-order valence-corrected chi connectivity index (χ4v) is 1.80. The van der Waals surface area contributed by atoms with Crippen molar-refractivity contribution in [2.24, 2.45) is 0 Å². The van der Waals surface area contributed by atoms with Gasteiger partial charge in [-0.1, -0.05) is 6.07 Å². The number of halogens is 1. The molecule has 2 atom stereocenters. The van der Waals surface area contributed by atoms with Crippen LogP contribution in [-0.4, -0.2) is 27.2 Å². The number of nitrogens with one attached hydrogen (secondary N) is 1. The number of nitrogens with zero attached hydrogens (tertiary/aromatic N) is 1. The van der Waals surface area contributed by atoms with E-state index in [1.165, 1.54) is 0 Å². The fourth-order valence-electron chi connectivity index (χ4n) is 1.07. The van der Waals surface area contributed by atoms with Crippen LogP contribution in [0.2, 0.25) is 0 Å². The Hall–Kier alpha value is -0.260. The highest BCUT2D eigenvalue weighted by Crippen LogP contribution is 2.05. The molecule has 0 aliphatic carbocycles. The smallest absolute Gasteiger partial charge is 0.106 e. The van der Waals surface area contributed by atoms with Gasteiger partial charge in [-0.2, -0.15) is 0 Å². The van der Waals surface area contributed by atoms with E-state index in [-0.39, 0.29) is 5.25 Å². The minimum Gasteiger partial charge on any atom is -0.310 e. The van der Waals surface area contributed by atoms with E-state index in [1.807, 2.05) is 25.1 Å². The summed E-state index contributed by atoms with van der Waals surface area (Å²) in [4.78, 5) is 4.29. The third-order valence-corrected chi connectivity index (χ3v) is 3.82. The highest BCUT2D eigenvalue weighted by Gasteiger charge is 2.05. The molecule has 0 saturated carbocycles. The minimum atomic E-state index is -0.765. The van der Waals surface area contributed by atoms with Gasteiger partial charge in [-0.25, -0.2) is 4.98 Å². The average Bonchev–Trinajstić information content (AvgIpc) is 2.17. The van der Waals surface area contributed by atoms with Crippen LogP contribution in [0.5, 0.6) is 0 Å². The second kappa shape index (κ2) is 6.35. The molecule has 0 fully saturated rings. The van der Waals surface area contributed by atoms with Crippen LogP contribution in [0.1, 0.15) is 12.6 Å². The summed E-state index contributed by atoms with van der Waals surface area (Å²) >= 11 is 3.32. The lowest BCUT2D eigenvalue weighted by atomic mass is 10.3. The number of aromatic nitrogens is 1. The van der Waals surface area contributed by atoms with Gasteiger partial charge in [-0.05, 0) is 35.0 Å². The van der Waals surface area contributed by atoms with E-state index in [4.69, 9.17) is 0 Å². The van der Waals surface area contributed by atoms with Crippen molar-refractivity contribution in [2.45, 2.75) is 18.7 Å². The Morgan fingerprint density at radius 2 is 2.33 bits per heavy atom. The second-order valence-electron chi connectivity index (χ2n) is 3.39. The monoisotopic (exact) mass is 290 g/mol. The molecule has 1 rings (SSSR count). The molecule has 1 aromatic heterocycles. The number of hydrogen-bond donors (Lipinski definition) is 1. The van der Waals surface area contributed by atoms with E-state index in [0.29, 0.717) is 6.54 Å². The molecular formula is C10H15BrN2OS. The zero-order valence-electron chi connectivity index (χ0n) is 8.87. The molecule has 0 saturated heterocycles. The Morgan fingerprint density at radius 3 is 2.93 bits per heavy atom. The highest BCUT2D eigenvalue weighted by molar-refractivity contribution is 9.10. The average molecular weight is 291 g/mol. The quantitative estimate of drug-likeness (QED) is 0.840. The predicted octanol–water partition coefficient (Wildman–Crippen LogP) is 1.70. The van der Waals surface area contributed by atoms with Gasteiger partial charge in [0.05, 0.1) is 5.69 Å². The van der Waals surface area contributed by atoms with Crippen molar-refractivity contribution < 1.29 is 4.21 Å². The largest absolute Gasteiger partial charge is 0.310 e. The normalized spacial score (nSPS) is 14.9. The van der Waals surface area contributed by atoms with Crippen LogP contribution in [0, 0.1) is 0 Å². The van der Waals surface area contributed by atoms with Crippen LogP contribution in [0.25, 0.3) is 0 Å². The molecule has 1 aromatic rings. The molecule has 0 aromatic carbocycles. The maximum absolute atomic E-state index is 11.1. The maximum atomic E-state index is 11.1. The Morgan fingerprint density at radius 1 is 1.60 bits per heavy atom. The third kappa shape index (κ3) is 4.86. The second-order valence-corrected chi connectivity index (χ2v) is 6.01. The summed E-state index contributed by atoms with van der Waals surface area (Å²) in [5.41, 5.74) is 0.985. The summed E-state index contributed by atoms with van der Waals surface area (Å²) in [5, 5.41) is 3.41. The van der Waals surface area contributed by atoms with Crippen molar-refractivity contribution in [1.82, 2.24) is 10.3 Å². The molecule has 0 radical (unpaired) electrons. The SMILES string of the molecule is CC(CNCc1cccc(Br)n1)S(C)=O. The lowest BCUT2D eigenvalue weighted by Gasteiger charge is -2.09. The summed E-state index contributed by atoms with van der Waals surface area (Å²) < 4.78 is 11.9. The van der Waals surface area contributed by atoms with Gasteiger partial charge in [0.2, 0.25) is 0 Å². The van der Waals surface area contributed by atoms with Crippen molar-refractivity contribution in [3.05, 3.63) is 28.5 Å². The molecule has 3 nitrogen and oxygen atoms in total.